The molecule has 0 spiro atoms. The normalized spacial score (nSPS) is 23.3. The molecule has 2 unspecified atom stereocenters. The van der Waals surface area contributed by atoms with Crippen molar-refractivity contribution in [2.24, 2.45) is 5.73 Å². The van der Waals surface area contributed by atoms with E-state index in [2.05, 4.69) is 0 Å². The fourth-order valence-corrected chi connectivity index (χ4v) is 2.47. The number of likely N-dealkylation sites (tertiary alicyclic amines) is 1. The minimum atomic E-state index is -0.465. The van der Waals surface area contributed by atoms with Gasteiger partial charge in [-0.3, -0.25) is 4.79 Å². The highest BCUT2D eigenvalue weighted by molar-refractivity contribution is 5.94. The fraction of sp³-hybridized carbons (Fsp3) is 0.500. The zero-order valence-corrected chi connectivity index (χ0v) is 11.2. The highest BCUT2D eigenvalue weighted by Crippen LogP contribution is 2.22. The fourth-order valence-electron chi connectivity index (χ4n) is 2.47. The maximum atomic E-state index is 13.3. The number of piperidine rings is 1. The first-order valence-corrected chi connectivity index (χ1v) is 6.43. The van der Waals surface area contributed by atoms with Gasteiger partial charge in [0.15, 0.2) is 11.6 Å². The van der Waals surface area contributed by atoms with Gasteiger partial charge in [-0.05, 0) is 38.0 Å². The lowest BCUT2D eigenvalue weighted by Gasteiger charge is -2.36. The van der Waals surface area contributed by atoms with Gasteiger partial charge >= 0.3 is 0 Å². The van der Waals surface area contributed by atoms with Crippen LogP contribution in [0.5, 0.6) is 5.75 Å². The SMILES string of the molecule is COc1cc(C(=O)N2CCC(N)CC2C)ccc1F. The van der Waals surface area contributed by atoms with E-state index in [0.29, 0.717) is 12.1 Å². The minimum Gasteiger partial charge on any atom is -0.494 e. The molecule has 5 heteroatoms. The van der Waals surface area contributed by atoms with Crippen molar-refractivity contribution in [2.45, 2.75) is 31.8 Å². The van der Waals surface area contributed by atoms with Gasteiger partial charge in [0.1, 0.15) is 0 Å². The molecule has 1 aliphatic rings. The minimum absolute atomic E-state index is 0.0900. The van der Waals surface area contributed by atoms with Gasteiger partial charge in [-0.2, -0.15) is 0 Å². The lowest BCUT2D eigenvalue weighted by Crippen LogP contribution is -2.48. The third-order valence-electron chi connectivity index (χ3n) is 3.58. The number of ether oxygens (including phenoxy) is 1. The van der Waals surface area contributed by atoms with Crippen molar-refractivity contribution in [2.75, 3.05) is 13.7 Å². The van der Waals surface area contributed by atoms with E-state index in [-0.39, 0.29) is 23.7 Å². The summed E-state index contributed by atoms with van der Waals surface area (Å²) >= 11 is 0. The van der Waals surface area contributed by atoms with E-state index in [9.17, 15) is 9.18 Å². The van der Waals surface area contributed by atoms with Crippen LogP contribution in [0.1, 0.15) is 30.1 Å². The number of nitrogens with zero attached hydrogens (tertiary/aromatic N) is 1. The second-order valence-corrected chi connectivity index (χ2v) is 4.98. The van der Waals surface area contributed by atoms with Crippen LogP contribution in [0.25, 0.3) is 0 Å². The molecule has 4 nitrogen and oxygen atoms in total. The Morgan fingerprint density at radius 2 is 2.26 bits per heavy atom. The Balaban J connectivity index is 2.19. The number of rotatable bonds is 2. The Hall–Kier alpha value is -1.62. The van der Waals surface area contributed by atoms with Crippen LogP contribution in [0.3, 0.4) is 0 Å². The molecule has 1 saturated heterocycles. The average Bonchev–Trinajstić information content (AvgIpc) is 2.38. The summed E-state index contributed by atoms with van der Waals surface area (Å²) < 4.78 is 18.2. The molecule has 2 rings (SSSR count). The standard InChI is InChI=1S/C14H19FN2O2/c1-9-7-11(16)5-6-17(9)14(18)10-3-4-12(15)13(8-10)19-2/h3-4,8-9,11H,5-7,16H2,1-2H3. The maximum Gasteiger partial charge on any atom is 0.254 e. The molecule has 0 bridgehead atoms. The predicted octanol–water partition coefficient (Wildman–Crippen LogP) is 1.79. The number of benzene rings is 1. The number of methoxy groups -OCH3 is 1. The molecule has 1 aromatic rings. The van der Waals surface area contributed by atoms with E-state index in [1.165, 1.54) is 25.3 Å². The van der Waals surface area contributed by atoms with Gasteiger partial charge in [-0.1, -0.05) is 0 Å². The van der Waals surface area contributed by atoms with Crippen LogP contribution >= 0.6 is 0 Å². The van der Waals surface area contributed by atoms with Crippen LogP contribution in [0, 0.1) is 5.82 Å². The largest absolute Gasteiger partial charge is 0.494 e. The number of hydrogen-bond acceptors (Lipinski definition) is 3. The number of carbonyl (C=O) groups is 1. The summed E-state index contributed by atoms with van der Waals surface area (Å²) in [4.78, 5) is 14.2. The maximum absolute atomic E-state index is 13.3. The molecule has 104 valence electrons. The highest BCUT2D eigenvalue weighted by atomic mass is 19.1. The third-order valence-corrected chi connectivity index (χ3v) is 3.58. The summed E-state index contributed by atoms with van der Waals surface area (Å²) in [7, 11) is 1.38. The first-order valence-electron chi connectivity index (χ1n) is 6.43. The van der Waals surface area contributed by atoms with Crippen LogP contribution in [-0.4, -0.2) is 36.5 Å². The zero-order chi connectivity index (χ0) is 14.0. The Bertz CT molecular complexity index is 479. The molecule has 0 aromatic heterocycles. The quantitative estimate of drug-likeness (QED) is 0.887. The molecule has 1 heterocycles. The lowest BCUT2D eigenvalue weighted by atomic mass is 9.98. The van der Waals surface area contributed by atoms with Crippen molar-refractivity contribution in [1.29, 1.82) is 0 Å². The van der Waals surface area contributed by atoms with Crippen LogP contribution in [0.2, 0.25) is 0 Å². The topological polar surface area (TPSA) is 55.6 Å². The van der Waals surface area contributed by atoms with Crippen LogP contribution in [0.4, 0.5) is 4.39 Å². The van der Waals surface area contributed by atoms with E-state index >= 15 is 0 Å². The molecule has 2 N–H and O–H groups in total. The second kappa shape index (κ2) is 5.57. The molecule has 0 radical (unpaired) electrons. The van der Waals surface area contributed by atoms with Crippen molar-refractivity contribution in [3.05, 3.63) is 29.6 Å². The number of carbonyl (C=O) groups excluding carboxylic acids is 1. The summed E-state index contributed by atoms with van der Waals surface area (Å²) in [5.74, 6) is -0.474. The van der Waals surface area contributed by atoms with Gasteiger partial charge in [0.25, 0.3) is 5.91 Å². The zero-order valence-electron chi connectivity index (χ0n) is 11.2. The van der Waals surface area contributed by atoms with Gasteiger partial charge < -0.3 is 15.4 Å². The number of nitrogens with two attached hydrogens (primary N) is 1. The molecule has 1 fully saturated rings. The Kier molecular flexibility index (Phi) is 4.04. The molecule has 19 heavy (non-hydrogen) atoms. The predicted molar refractivity (Wildman–Crippen MR) is 70.7 cm³/mol. The molecular weight excluding hydrogens is 247 g/mol. The summed E-state index contributed by atoms with van der Waals surface area (Å²) in [5.41, 5.74) is 6.33. The summed E-state index contributed by atoms with van der Waals surface area (Å²) in [6.07, 6.45) is 1.60. The smallest absolute Gasteiger partial charge is 0.254 e. The monoisotopic (exact) mass is 266 g/mol. The van der Waals surface area contributed by atoms with Crippen LogP contribution < -0.4 is 10.5 Å². The van der Waals surface area contributed by atoms with Gasteiger partial charge in [-0.25, -0.2) is 4.39 Å². The Morgan fingerprint density at radius 3 is 2.89 bits per heavy atom. The van der Waals surface area contributed by atoms with Gasteiger partial charge in [0, 0.05) is 24.2 Å². The summed E-state index contributed by atoms with van der Waals surface area (Å²) in [6.45, 7) is 2.62. The van der Waals surface area contributed by atoms with Crippen molar-refractivity contribution in [1.82, 2.24) is 4.90 Å². The highest BCUT2D eigenvalue weighted by Gasteiger charge is 2.28. The van der Waals surface area contributed by atoms with Crippen molar-refractivity contribution in [3.63, 3.8) is 0 Å². The van der Waals surface area contributed by atoms with E-state index in [1.807, 2.05) is 6.92 Å². The van der Waals surface area contributed by atoms with Crippen molar-refractivity contribution < 1.29 is 13.9 Å². The molecule has 1 amide bonds. The number of amides is 1. The van der Waals surface area contributed by atoms with Crippen molar-refractivity contribution in [3.8, 4) is 5.75 Å². The van der Waals surface area contributed by atoms with E-state index in [0.717, 1.165) is 12.8 Å². The first kappa shape index (κ1) is 13.8. The number of hydrogen-bond donors (Lipinski definition) is 1. The third kappa shape index (κ3) is 2.87. The van der Waals surface area contributed by atoms with Crippen LogP contribution in [-0.2, 0) is 0 Å². The average molecular weight is 266 g/mol. The Morgan fingerprint density at radius 1 is 1.53 bits per heavy atom. The molecule has 0 aliphatic carbocycles. The van der Waals surface area contributed by atoms with Gasteiger partial charge in [-0.15, -0.1) is 0 Å². The molecular formula is C14H19FN2O2. The van der Waals surface area contributed by atoms with Crippen molar-refractivity contribution >= 4 is 5.91 Å². The van der Waals surface area contributed by atoms with E-state index in [4.69, 9.17) is 10.5 Å². The lowest BCUT2D eigenvalue weighted by molar-refractivity contribution is 0.0618. The van der Waals surface area contributed by atoms with Gasteiger partial charge in [0.2, 0.25) is 0 Å². The summed E-state index contributed by atoms with van der Waals surface area (Å²) in [6, 6.07) is 4.45. The van der Waals surface area contributed by atoms with Crippen LogP contribution in [0.15, 0.2) is 18.2 Å². The van der Waals surface area contributed by atoms with E-state index < -0.39 is 5.82 Å². The molecule has 2 atom stereocenters. The Labute approximate surface area is 112 Å². The second-order valence-electron chi connectivity index (χ2n) is 4.98. The van der Waals surface area contributed by atoms with E-state index in [1.54, 1.807) is 4.90 Å². The molecule has 0 saturated carbocycles. The molecule has 1 aliphatic heterocycles. The number of halogens is 1. The first-order chi connectivity index (χ1) is 9.02. The summed E-state index contributed by atoms with van der Waals surface area (Å²) in [5, 5.41) is 0. The van der Waals surface area contributed by atoms with Gasteiger partial charge in [0.05, 0.1) is 7.11 Å². The molecule has 1 aromatic carbocycles.